The van der Waals surface area contributed by atoms with Crippen LogP contribution in [0.1, 0.15) is 44.9 Å². The monoisotopic (exact) mass is 294 g/mol. The highest BCUT2D eigenvalue weighted by atomic mass is 19.1. The van der Waals surface area contributed by atoms with Gasteiger partial charge in [-0.15, -0.1) is 0 Å². The molecular formula is C16H23FN2O2. The highest BCUT2D eigenvalue weighted by Gasteiger charge is 2.13. The summed E-state index contributed by atoms with van der Waals surface area (Å²) in [6, 6.07) is 3.95. The average Bonchev–Trinajstić information content (AvgIpc) is 2.48. The Morgan fingerprint density at radius 3 is 2.81 bits per heavy atom. The Hall–Kier alpha value is -1.62. The van der Waals surface area contributed by atoms with Gasteiger partial charge >= 0.3 is 0 Å². The van der Waals surface area contributed by atoms with Crippen molar-refractivity contribution in [2.24, 2.45) is 0 Å². The Kier molecular flexibility index (Phi) is 5.99. The van der Waals surface area contributed by atoms with Crippen LogP contribution in [0.2, 0.25) is 0 Å². The number of anilines is 2. The highest BCUT2D eigenvalue weighted by molar-refractivity contribution is 5.93. The summed E-state index contributed by atoms with van der Waals surface area (Å²) in [7, 11) is 0. The Morgan fingerprint density at radius 1 is 1.33 bits per heavy atom. The molecular weight excluding hydrogens is 271 g/mol. The van der Waals surface area contributed by atoms with Crippen molar-refractivity contribution in [3.8, 4) is 0 Å². The minimum atomic E-state index is -0.411. The van der Waals surface area contributed by atoms with Gasteiger partial charge in [0.25, 0.3) is 0 Å². The summed E-state index contributed by atoms with van der Waals surface area (Å²) in [6.45, 7) is 0.608. The van der Waals surface area contributed by atoms with E-state index in [1.54, 1.807) is 0 Å². The number of hydrogen-bond donors (Lipinski definition) is 2. The molecule has 0 aliphatic heterocycles. The van der Waals surface area contributed by atoms with Crippen molar-refractivity contribution in [2.75, 3.05) is 17.7 Å². The first kappa shape index (κ1) is 15.8. The summed E-state index contributed by atoms with van der Waals surface area (Å²) in [6.07, 6.45) is 7.50. The van der Waals surface area contributed by atoms with Gasteiger partial charge in [-0.2, -0.15) is 0 Å². The number of carbonyl (C=O) groups excluding carboxylic acids is 1. The molecule has 5 heteroatoms. The maximum atomic E-state index is 12.9. The molecule has 21 heavy (non-hydrogen) atoms. The van der Waals surface area contributed by atoms with E-state index in [-0.39, 0.29) is 11.6 Å². The molecule has 3 N–H and O–H groups in total. The first-order valence-corrected chi connectivity index (χ1v) is 7.61. The minimum Gasteiger partial charge on any atom is -0.397 e. The molecule has 0 unspecified atom stereocenters. The average molecular weight is 294 g/mol. The lowest BCUT2D eigenvalue weighted by molar-refractivity contribution is -0.116. The lowest BCUT2D eigenvalue weighted by Gasteiger charge is -2.21. The number of halogens is 1. The Bertz CT molecular complexity index is 473. The summed E-state index contributed by atoms with van der Waals surface area (Å²) in [5.41, 5.74) is 6.33. The van der Waals surface area contributed by atoms with Gasteiger partial charge < -0.3 is 15.8 Å². The zero-order valence-electron chi connectivity index (χ0n) is 12.2. The van der Waals surface area contributed by atoms with Crippen LogP contribution in [0.5, 0.6) is 0 Å². The van der Waals surface area contributed by atoms with E-state index in [1.807, 2.05) is 0 Å². The summed E-state index contributed by atoms with van der Waals surface area (Å²) in [5.74, 6) is -0.535. The second-order valence-electron chi connectivity index (χ2n) is 5.51. The summed E-state index contributed by atoms with van der Waals surface area (Å²) < 4.78 is 18.7. The molecule has 0 heterocycles. The maximum absolute atomic E-state index is 12.9. The molecule has 2 rings (SSSR count). The smallest absolute Gasteiger partial charge is 0.224 e. The van der Waals surface area contributed by atoms with Gasteiger partial charge in [-0.1, -0.05) is 19.3 Å². The normalized spacial score (nSPS) is 15.9. The van der Waals surface area contributed by atoms with Crippen LogP contribution in [-0.4, -0.2) is 18.6 Å². The number of carbonyl (C=O) groups is 1. The fourth-order valence-electron chi connectivity index (χ4n) is 2.57. The predicted molar refractivity (Wildman–Crippen MR) is 81.5 cm³/mol. The molecule has 1 aromatic rings. The molecule has 0 atom stereocenters. The summed E-state index contributed by atoms with van der Waals surface area (Å²) >= 11 is 0. The predicted octanol–water partition coefficient (Wildman–Crippen LogP) is 3.48. The van der Waals surface area contributed by atoms with Crippen molar-refractivity contribution in [1.29, 1.82) is 0 Å². The van der Waals surface area contributed by atoms with Crippen LogP contribution in [0, 0.1) is 5.82 Å². The maximum Gasteiger partial charge on any atom is 0.224 e. The van der Waals surface area contributed by atoms with E-state index >= 15 is 0 Å². The van der Waals surface area contributed by atoms with E-state index in [9.17, 15) is 9.18 Å². The minimum absolute atomic E-state index is 0.124. The number of nitrogen functional groups attached to an aromatic ring is 1. The molecule has 1 aliphatic carbocycles. The second-order valence-corrected chi connectivity index (χ2v) is 5.51. The third-order valence-corrected chi connectivity index (χ3v) is 3.74. The number of nitrogens with two attached hydrogens (primary N) is 1. The summed E-state index contributed by atoms with van der Waals surface area (Å²) in [5, 5.41) is 2.69. The second kappa shape index (κ2) is 7.98. The zero-order valence-corrected chi connectivity index (χ0v) is 12.2. The lowest BCUT2D eigenvalue weighted by atomic mass is 9.98. The lowest BCUT2D eigenvalue weighted by Crippen LogP contribution is -2.18. The number of amides is 1. The quantitative estimate of drug-likeness (QED) is 0.623. The molecule has 0 radical (unpaired) electrons. The van der Waals surface area contributed by atoms with Crippen LogP contribution >= 0.6 is 0 Å². The van der Waals surface area contributed by atoms with Gasteiger partial charge in [-0.3, -0.25) is 4.79 Å². The number of hydrogen-bond acceptors (Lipinski definition) is 3. The fraction of sp³-hybridized carbons (Fsp3) is 0.562. The third-order valence-electron chi connectivity index (χ3n) is 3.74. The van der Waals surface area contributed by atoms with Crippen LogP contribution in [-0.2, 0) is 9.53 Å². The Labute approximate surface area is 124 Å². The van der Waals surface area contributed by atoms with Gasteiger partial charge in [0.1, 0.15) is 5.82 Å². The van der Waals surface area contributed by atoms with E-state index < -0.39 is 5.82 Å². The molecule has 0 saturated heterocycles. The largest absolute Gasteiger partial charge is 0.397 e. The molecule has 4 nitrogen and oxygen atoms in total. The van der Waals surface area contributed by atoms with Crippen LogP contribution in [0.3, 0.4) is 0 Å². The van der Waals surface area contributed by atoms with Gasteiger partial charge in [-0.05, 0) is 37.5 Å². The van der Waals surface area contributed by atoms with Crippen molar-refractivity contribution in [3.63, 3.8) is 0 Å². The van der Waals surface area contributed by atoms with E-state index in [0.29, 0.717) is 31.2 Å². The first-order chi connectivity index (χ1) is 10.1. The van der Waals surface area contributed by atoms with Gasteiger partial charge in [0, 0.05) is 13.0 Å². The van der Waals surface area contributed by atoms with Crippen molar-refractivity contribution >= 4 is 17.3 Å². The highest BCUT2D eigenvalue weighted by Crippen LogP contribution is 2.21. The fourth-order valence-corrected chi connectivity index (χ4v) is 2.57. The first-order valence-electron chi connectivity index (χ1n) is 7.61. The van der Waals surface area contributed by atoms with Gasteiger partial charge in [0.05, 0.1) is 17.5 Å². The number of ether oxygens (including phenoxy) is 1. The van der Waals surface area contributed by atoms with Crippen molar-refractivity contribution in [3.05, 3.63) is 24.0 Å². The van der Waals surface area contributed by atoms with E-state index in [4.69, 9.17) is 10.5 Å². The van der Waals surface area contributed by atoms with Crippen molar-refractivity contribution in [2.45, 2.75) is 51.0 Å². The number of benzene rings is 1. The molecule has 0 spiro atoms. The van der Waals surface area contributed by atoms with Crippen LogP contribution in [0.25, 0.3) is 0 Å². The molecule has 0 bridgehead atoms. The van der Waals surface area contributed by atoms with Gasteiger partial charge in [0.2, 0.25) is 5.91 Å². The number of rotatable bonds is 6. The van der Waals surface area contributed by atoms with E-state index in [2.05, 4.69) is 5.32 Å². The third kappa shape index (κ3) is 5.34. The molecule has 0 aromatic heterocycles. The van der Waals surface area contributed by atoms with Crippen LogP contribution in [0.15, 0.2) is 18.2 Å². The zero-order chi connectivity index (χ0) is 15.1. The van der Waals surface area contributed by atoms with E-state index in [0.717, 1.165) is 12.8 Å². The van der Waals surface area contributed by atoms with Crippen molar-refractivity contribution < 1.29 is 13.9 Å². The molecule has 1 amide bonds. The molecule has 1 saturated carbocycles. The molecule has 1 fully saturated rings. The molecule has 1 aliphatic rings. The van der Waals surface area contributed by atoms with Crippen molar-refractivity contribution in [1.82, 2.24) is 0 Å². The summed E-state index contributed by atoms with van der Waals surface area (Å²) in [4.78, 5) is 11.8. The van der Waals surface area contributed by atoms with Crippen LogP contribution in [0.4, 0.5) is 15.8 Å². The number of nitrogens with one attached hydrogen (secondary N) is 1. The Balaban J connectivity index is 1.65. The topological polar surface area (TPSA) is 64.3 Å². The van der Waals surface area contributed by atoms with Gasteiger partial charge in [-0.25, -0.2) is 4.39 Å². The van der Waals surface area contributed by atoms with Crippen LogP contribution < -0.4 is 11.1 Å². The van der Waals surface area contributed by atoms with E-state index in [1.165, 1.54) is 37.5 Å². The standard InChI is InChI=1S/C16H23FN2O2/c17-12-8-9-15(14(18)11-12)19-16(20)7-4-10-21-13-5-2-1-3-6-13/h8-9,11,13H,1-7,10,18H2,(H,19,20). The molecule has 116 valence electrons. The van der Waals surface area contributed by atoms with Gasteiger partial charge in [0.15, 0.2) is 0 Å². The molecule has 1 aromatic carbocycles. The SMILES string of the molecule is Nc1cc(F)ccc1NC(=O)CCCOC1CCCCC1. The Morgan fingerprint density at radius 2 is 2.10 bits per heavy atom.